The maximum Gasteiger partial charge on any atom is 0.346 e. The van der Waals surface area contributed by atoms with Gasteiger partial charge in [-0.15, -0.1) is 5.10 Å². The minimum Gasteiger partial charge on any atom is -0.389 e. The van der Waals surface area contributed by atoms with Crippen LogP contribution in [0.5, 0.6) is 0 Å². The van der Waals surface area contributed by atoms with Crippen LogP contribution in [0.15, 0.2) is 53.3 Å². The number of likely N-dealkylation sites (tertiary alicyclic amines) is 1. The first kappa shape index (κ1) is 23.5. The fourth-order valence-corrected chi connectivity index (χ4v) is 4.77. The minimum atomic E-state index is -1.09. The lowest BCUT2D eigenvalue weighted by atomic mass is 10.0. The molecule has 1 atom stereocenters. The molecule has 2 fully saturated rings. The highest BCUT2D eigenvalue weighted by Gasteiger charge is 2.37. The molecule has 1 N–H and O–H groups in total. The van der Waals surface area contributed by atoms with Crippen molar-refractivity contribution in [1.29, 1.82) is 0 Å². The summed E-state index contributed by atoms with van der Waals surface area (Å²) < 4.78 is 16.3. The highest BCUT2D eigenvalue weighted by atomic mass is 19.1. The van der Waals surface area contributed by atoms with E-state index >= 15 is 0 Å². The van der Waals surface area contributed by atoms with Crippen molar-refractivity contribution in [3.63, 3.8) is 0 Å². The van der Waals surface area contributed by atoms with E-state index < -0.39 is 5.60 Å². The van der Waals surface area contributed by atoms with Crippen LogP contribution >= 0.6 is 0 Å². The molecule has 8 heteroatoms. The molecule has 1 saturated carbocycles. The lowest BCUT2D eigenvalue weighted by Gasteiger charge is -2.17. The number of benzene rings is 2. The highest BCUT2D eigenvalue weighted by Crippen LogP contribution is 2.33. The molecule has 2 aliphatic rings. The molecule has 1 aliphatic heterocycles. The van der Waals surface area contributed by atoms with E-state index in [0.29, 0.717) is 18.9 Å². The lowest BCUT2D eigenvalue weighted by Crippen LogP contribution is -2.35. The third-order valence-electron chi connectivity index (χ3n) is 6.75. The Kier molecular flexibility index (Phi) is 6.09. The zero-order valence-electron chi connectivity index (χ0n) is 20.2. The molecule has 0 radical (unpaired) electrons. The van der Waals surface area contributed by atoms with Crippen LogP contribution in [-0.2, 0) is 17.9 Å². The van der Waals surface area contributed by atoms with Crippen LogP contribution in [0.3, 0.4) is 0 Å². The van der Waals surface area contributed by atoms with Crippen LogP contribution in [0.4, 0.5) is 4.39 Å². The molecule has 2 aromatic carbocycles. The normalized spacial score (nSPS) is 18.3. The molecule has 1 aromatic heterocycles. The predicted molar refractivity (Wildman–Crippen MR) is 131 cm³/mol. The van der Waals surface area contributed by atoms with Crippen molar-refractivity contribution in [3.8, 4) is 22.5 Å². The maximum absolute atomic E-state index is 13.3. The van der Waals surface area contributed by atoms with Gasteiger partial charge in [0.1, 0.15) is 5.82 Å². The minimum absolute atomic E-state index is 0.0798. The maximum atomic E-state index is 13.3. The monoisotopic (exact) mass is 478 g/mol. The number of hydrogen-bond donors (Lipinski definition) is 1. The Morgan fingerprint density at radius 2 is 1.63 bits per heavy atom. The van der Waals surface area contributed by atoms with Crippen LogP contribution in [-0.4, -0.2) is 49.0 Å². The van der Waals surface area contributed by atoms with E-state index in [-0.39, 0.29) is 35.8 Å². The Bertz CT molecular complexity index is 1270. The van der Waals surface area contributed by atoms with Gasteiger partial charge >= 0.3 is 5.69 Å². The number of carbonyl (C=O) groups excluding carboxylic acids is 1. The van der Waals surface area contributed by atoms with Crippen molar-refractivity contribution >= 4 is 5.91 Å². The van der Waals surface area contributed by atoms with E-state index in [1.165, 1.54) is 16.8 Å². The standard InChI is InChI=1S/C27H31FN4O3/c1-27(2,35)17-32-26(34)31(16-18-13-14-30(15-18)25(33)22-7-8-22)24(29-32)21-5-3-19(4-6-21)20-9-11-23(28)12-10-20/h3-6,9-12,18,22,35H,7-8,13-17H2,1-2H3/t18-/m1/s1. The Labute approximate surface area is 203 Å². The number of nitrogens with zero attached hydrogens (tertiary/aromatic N) is 4. The molecule has 35 heavy (non-hydrogen) atoms. The number of aromatic nitrogens is 3. The van der Waals surface area contributed by atoms with E-state index in [9.17, 15) is 19.1 Å². The summed E-state index contributed by atoms with van der Waals surface area (Å²) in [7, 11) is 0. The van der Waals surface area contributed by atoms with Gasteiger partial charge in [0.15, 0.2) is 5.82 Å². The molecule has 0 unspecified atom stereocenters. The molecule has 184 valence electrons. The van der Waals surface area contributed by atoms with Gasteiger partial charge in [-0.05, 0) is 62.3 Å². The van der Waals surface area contributed by atoms with Gasteiger partial charge in [-0.1, -0.05) is 36.4 Å². The summed E-state index contributed by atoms with van der Waals surface area (Å²) in [6.07, 6.45) is 2.83. The number of aliphatic hydroxyl groups is 1. The summed E-state index contributed by atoms with van der Waals surface area (Å²) in [6, 6.07) is 14.0. The molecule has 0 bridgehead atoms. The Morgan fingerprint density at radius 1 is 1.03 bits per heavy atom. The topological polar surface area (TPSA) is 80.4 Å². The first-order chi connectivity index (χ1) is 16.7. The fraction of sp³-hybridized carbons (Fsp3) is 0.444. The van der Waals surface area contributed by atoms with Crippen LogP contribution in [0, 0.1) is 17.7 Å². The quantitative estimate of drug-likeness (QED) is 0.563. The molecule has 2 heterocycles. The van der Waals surface area contributed by atoms with E-state index in [1.54, 1.807) is 30.5 Å². The van der Waals surface area contributed by atoms with Gasteiger partial charge in [-0.3, -0.25) is 9.36 Å². The van der Waals surface area contributed by atoms with Crippen molar-refractivity contribution in [1.82, 2.24) is 19.2 Å². The summed E-state index contributed by atoms with van der Waals surface area (Å²) in [5, 5.41) is 14.9. The van der Waals surface area contributed by atoms with Gasteiger partial charge in [0.25, 0.3) is 0 Å². The highest BCUT2D eigenvalue weighted by molar-refractivity contribution is 5.81. The molecule has 1 amide bonds. The number of amides is 1. The zero-order chi connectivity index (χ0) is 24.7. The van der Waals surface area contributed by atoms with Crippen molar-refractivity contribution in [2.45, 2.75) is 51.8 Å². The van der Waals surface area contributed by atoms with Crippen molar-refractivity contribution < 1.29 is 14.3 Å². The van der Waals surface area contributed by atoms with Crippen LogP contribution in [0.25, 0.3) is 22.5 Å². The molecule has 5 rings (SSSR count). The summed E-state index contributed by atoms with van der Waals surface area (Å²) in [5.74, 6) is 0.871. The molecule has 0 spiro atoms. The summed E-state index contributed by atoms with van der Waals surface area (Å²) >= 11 is 0. The van der Waals surface area contributed by atoms with Crippen molar-refractivity contribution in [2.24, 2.45) is 11.8 Å². The average molecular weight is 479 g/mol. The smallest absolute Gasteiger partial charge is 0.346 e. The third-order valence-corrected chi connectivity index (χ3v) is 6.75. The van der Waals surface area contributed by atoms with Gasteiger partial charge in [0, 0.05) is 31.1 Å². The van der Waals surface area contributed by atoms with E-state index in [0.717, 1.165) is 42.5 Å². The van der Waals surface area contributed by atoms with Crippen LogP contribution < -0.4 is 5.69 Å². The van der Waals surface area contributed by atoms with Crippen LogP contribution in [0.2, 0.25) is 0 Å². The number of rotatable bonds is 7. The predicted octanol–water partition coefficient (Wildman–Crippen LogP) is 3.55. The number of carbonyl (C=O) groups is 1. The van der Waals surface area contributed by atoms with Gasteiger partial charge in [0.05, 0.1) is 12.1 Å². The average Bonchev–Trinajstić information content (AvgIpc) is 3.50. The zero-order valence-corrected chi connectivity index (χ0v) is 20.2. The van der Waals surface area contributed by atoms with Gasteiger partial charge in [-0.2, -0.15) is 0 Å². The molecular formula is C27H31FN4O3. The molecule has 7 nitrogen and oxygen atoms in total. The number of halogens is 1. The van der Waals surface area contributed by atoms with E-state index in [4.69, 9.17) is 0 Å². The van der Waals surface area contributed by atoms with E-state index in [1.807, 2.05) is 29.2 Å². The van der Waals surface area contributed by atoms with Crippen molar-refractivity contribution in [2.75, 3.05) is 13.1 Å². The van der Waals surface area contributed by atoms with Gasteiger partial charge < -0.3 is 10.0 Å². The lowest BCUT2D eigenvalue weighted by molar-refractivity contribution is -0.131. The Balaban J connectivity index is 1.43. The molecule has 3 aromatic rings. The van der Waals surface area contributed by atoms with Gasteiger partial charge in [-0.25, -0.2) is 13.9 Å². The van der Waals surface area contributed by atoms with Crippen molar-refractivity contribution in [3.05, 3.63) is 64.8 Å². The number of hydrogen-bond acceptors (Lipinski definition) is 4. The molecule has 1 aliphatic carbocycles. The Hall–Kier alpha value is -3.26. The second kappa shape index (κ2) is 9.07. The first-order valence-corrected chi connectivity index (χ1v) is 12.2. The van der Waals surface area contributed by atoms with Crippen LogP contribution in [0.1, 0.15) is 33.1 Å². The SMILES string of the molecule is CC(C)(O)Cn1nc(-c2ccc(-c3ccc(F)cc3)cc2)n(C[C@@H]2CCN(C(=O)C3CC3)C2)c1=O. The largest absolute Gasteiger partial charge is 0.389 e. The first-order valence-electron chi connectivity index (χ1n) is 12.2. The van der Waals surface area contributed by atoms with Gasteiger partial charge in [0.2, 0.25) is 5.91 Å². The summed E-state index contributed by atoms with van der Waals surface area (Å²) in [6.45, 7) is 5.22. The second-order valence-electron chi connectivity index (χ2n) is 10.5. The molecule has 1 saturated heterocycles. The second-order valence-corrected chi connectivity index (χ2v) is 10.5. The molecular weight excluding hydrogens is 447 g/mol. The summed E-state index contributed by atoms with van der Waals surface area (Å²) in [4.78, 5) is 27.7. The van der Waals surface area contributed by atoms with E-state index in [2.05, 4.69) is 5.10 Å². The Morgan fingerprint density at radius 3 is 2.23 bits per heavy atom. The summed E-state index contributed by atoms with van der Waals surface area (Å²) in [5.41, 5.74) is 1.26. The third kappa shape index (κ3) is 5.22. The fourth-order valence-electron chi connectivity index (χ4n) is 4.77.